The molecule has 2 aliphatic carbocycles. The summed E-state index contributed by atoms with van der Waals surface area (Å²) in [5, 5.41) is 0. The van der Waals surface area contributed by atoms with Crippen LogP contribution in [0.25, 0.3) is 0 Å². The summed E-state index contributed by atoms with van der Waals surface area (Å²) in [6.07, 6.45) is 7.69. The molecule has 2 fully saturated rings. The number of rotatable bonds is 1. The van der Waals surface area contributed by atoms with Crippen molar-refractivity contribution >= 4 is 0 Å². The molecule has 0 radical (unpaired) electrons. The van der Waals surface area contributed by atoms with E-state index in [0.29, 0.717) is 0 Å². The minimum Gasteiger partial charge on any atom is -0.0625 e. The molecule has 64 valence electrons. The lowest BCUT2D eigenvalue weighted by atomic mass is 9.56. The molecule has 2 saturated carbocycles. The fraction of sp³-hybridized carbons (Fsp3) is 1.00. The fourth-order valence-corrected chi connectivity index (χ4v) is 3.19. The van der Waals surface area contributed by atoms with Gasteiger partial charge in [-0.2, -0.15) is 0 Å². The van der Waals surface area contributed by atoms with Crippen molar-refractivity contribution in [1.29, 1.82) is 0 Å². The van der Waals surface area contributed by atoms with Gasteiger partial charge in [0.15, 0.2) is 0 Å². The van der Waals surface area contributed by atoms with Gasteiger partial charge in [0.05, 0.1) is 0 Å². The van der Waals surface area contributed by atoms with Crippen molar-refractivity contribution in [2.24, 2.45) is 23.7 Å². The highest BCUT2D eigenvalue weighted by molar-refractivity contribution is 4.92. The van der Waals surface area contributed by atoms with E-state index in [0.717, 1.165) is 23.7 Å². The molecule has 0 nitrogen and oxygen atoms in total. The van der Waals surface area contributed by atoms with E-state index in [4.69, 9.17) is 0 Å². The molecule has 0 bridgehead atoms. The maximum Gasteiger partial charge on any atom is -0.0355 e. The summed E-state index contributed by atoms with van der Waals surface area (Å²) in [5.41, 5.74) is 0. The van der Waals surface area contributed by atoms with Crippen LogP contribution in [0.2, 0.25) is 0 Å². The van der Waals surface area contributed by atoms with Crippen LogP contribution in [0.4, 0.5) is 0 Å². The van der Waals surface area contributed by atoms with Crippen LogP contribution < -0.4 is 0 Å². The second-order valence-electron chi connectivity index (χ2n) is 4.85. The van der Waals surface area contributed by atoms with Gasteiger partial charge in [0.2, 0.25) is 0 Å². The first-order chi connectivity index (χ1) is 5.29. The predicted molar refractivity (Wildman–Crippen MR) is 48.4 cm³/mol. The molecule has 0 spiro atoms. The van der Waals surface area contributed by atoms with Crippen LogP contribution in [0.15, 0.2) is 0 Å². The summed E-state index contributed by atoms with van der Waals surface area (Å²) >= 11 is 0. The van der Waals surface area contributed by atoms with Crippen molar-refractivity contribution in [3.05, 3.63) is 0 Å². The van der Waals surface area contributed by atoms with E-state index in [1.165, 1.54) is 12.8 Å². The molecule has 2 aliphatic rings. The topological polar surface area (TPSA) is 0 Å². The minimum absolute atomic E-state index is 0.953. The normalized spacial score (nSPS) is 43.4. The monoisotopic (exact) mass is 152 g/mol. The molecular formula is C11H20. The third-order valence-corrected chi connectivity index (χ3v) is 3.95. The van der Waals surface area contributed by atoms with Crippen LogP contribution in [-0.2, 0) is 0 Å². The zero-order chi connectivity index (χ0) is 7.84. The standard InChI is InChI=1S/C11H20/c1-8(2)11-7-9-5-3-4-6-10(9)11/h8-11H,3-7H2,1-2H3. The Labute approximate surface area is 70.4 Å². The van der Waals surface area contributed by atoms with Crippen molar-refractivity contribution in [2.45, 2.75) is 46.0 Å². The zero-order valence-electron chi connectivity index (χ0n) is 7.84. The summed E-state index contributed by atoms with van der Waals surface area (Å²) in [7, 11) is 0. The van der Waals surface area contributed by atoms with Gasteiger partial charge in [-0.05, 0) is 36.5 Å². The number of hydrogen-bond donors (Lipinski definition) is 0. The van der Waals surface area contributed by atoms with E-state index in [1.54, 1.807) is 19.3 Å². The van der Waals surface area contributed by atoms with Gasteiger partial charge in [-0.1, -0.05) is 33.1 Å². The molecule has 0 amide bonds. The Morgan fingerprint density at radius 1 is 1.09 bits per heavy atom. The second-order valence-corrected chi connectivity index (χ2v) is 4.85. The average molecular weight is 152 g/mol. The van der Waals surface area contributed by atoms with Gasteiger partial charge in [0.1, 0.15) is 0 Å². The highest BCUT2D eigenvalue weighted by Crippen LogP contribution is 2.51. The average Bonchev–Trinajstić information content (AvgIpc) is 1.90. The molecule has 0 saturated heterocycles. The molecule has 0 aromatic rings. The zero-order valence-corrected chi connectivity index (χ0v) is 7.84. The van der Waals surface area contributed by atoms with Crippen LogP contribution in [-0.4, -0.2) is 0 Å². The second kappa shape index (κ2) is 2.80. The highest BCUT2D eigenvalue weighted by atomic mass is 14.5. The molecule has 0 heterocycles. The van der Waals surface area contributed by atoms with Crippen molar-refractivity contribution < 1.29 is 0 Å². The SMILES string of the molecule is CC(C)C1CC2CCCCC21. The van der Waals surface area contributed by atoms with Gasteiger partial charge in [-0.3, -0.25) is 0 Å². The lowest BCUT2D eigenvalue weighted by Gasteiger charge is -2.50. The van der Waals surface area contributed by atoms with E-state index < -0.39 is 0 Å². The van der Waals surface area contributed by atoms with E-state index in [-0.39, 0.29) is 0 Å². The van der Waals surface area contributed by atoms with Crippen LogP contribution in [0, 0.1) is 23.7 Å². The molecule has 2 rings (SSSR count). The van der Waals surface area contributed by atoms with Gasteiger partial charge >= 0.3 is 0 Å². The summed E-state index contributed by atoms with van der Waals surface area (Å²) < 4.78 is 0. The molecule has 0 N–H and O–H groups in total. The summed E-state index contributed by atoms with van der Waals surface area (Å²) in [4.78, 5) is 0. The fourth-order valence-electron chi connectivity index (χ4n) is 3.19. The van der Waals surface area contributed by atoms with Crippen LogP contribution in [0.3, 0.4) is 0 Å². The Balaban J connectivity index is 1.91. The van der Waals surface area contributed by atoms with E-state index in [9.17, 15) is 0 Å². The maximum absolute atomic E-state index is 2.40. The molecule has 11 heavy (non-hydrogen) atoms. The molecule has 3 atom stereocenters. The van der Waals surface area contributed by atoms with E-state index >= 15 is 0 Å². The summed E-state index contributed by atoms with van der Waals surface area (Å²) in [6.45, 7) is 4.80. The Morgan fingerprint density at radius 3 is 2.45 bits per heavy atom. The first-order valence-corrected chi connectivity index (χ1v) is 5.29. The van der Waals surface area contributed by atoms with Crippen LogP contribution in [0.1, 0.15) is 46.0 Å². The van der Waals surface area contributed by atoms with Gasteiger partial charge in [0.25, 0.3) is 0 Å². The number of fused-ring (bicyclic) bond motifs is 1. The summed E-state index contributed by atoms with van der Waals surface area (Å²) in [6, 6.07) is 0. The maximum atomic E-state index is 2.40. The van der Waals surface area contributed by atoms with Crippen molar-refractivity contribution in [1.82, 2.24) is 0 Å². The van der Waals surface area contributed by atoms with Crippen LogP contribution >= 0.6 is 0 Å². The Morgan fingerprint density at radius 2 is 1.82 bits per heavy atom. The Bertz CT molecular complexity index is 137. The molecule has 3 unspecified atom stereocenters. The largest absolute Gasteiger partial charge is 0.0625 e. The van der Waals surface area contributed by atoms with Gasteiger partial charge < -0.3 is 0 Å². The van der Waals surface area contributed by atoms with Crippen molar-refractivity contribution in [3.8, 4) is 0 Å². The minimum atomic E-state index is 0.953. The predicted octanol–water partition coefficient (Wildman–Crippen LogP) is 3.47. The van der Waals surface area contributed by atoms with E-state index in [2.05, 4.69) is 13.8 Å². The lowest BCUT2D eigenvalue weighted by molar-refractivity contribution is 0.000109. The molecular weight excluding hydrogens is 132 g/mol. The first kappa shape index (κ1) is 7.64. The van der Waals surface area contributed by atoms with Crippen molar-refractivity contribution in [3.63, 3.8) is 0 Å². The van der Waals surface area contributed by atoms with Gasteiger partial charge in [-0.25, -0.2) is 0 Å². The summed E-state index contributed by atoms with van der Waals surface area (Å²) in [5.74, 6) is 4.34. The molecule has 0 aromatic heterocycles. The molecule has 0 aromatic carbocycles. The van der Waals surface area contributed by atoms with E-state index in [1.807, 2.05) is 0 Å². The molecule has 0 aliphatic heterocycles. The van der Waals surface area contributed by atoms with Crippen molar-refractivity contribution in [2.75, 3.05) is 0 Å². The Kier molecular flexibility index (Phi) is 1.95. The lowest BCUT2D eigenvalue weighted by Crippen LogP contribution is -2.41. The third kappa shape index (κ3) is 1.21. The molecule has 0 heteroatoms. The Hall–Kier alpha value is 0. The smallest absolute Gasteiger partial charge is 0.0355 e. The van der Waals surface area contributed by atoms with Crippen LogP contribution in [0.5, 0.6) is 0 Å². The highest BCUT2D eigenvalue weighted by Gasteiger charge is 2.42. The van der Waals surface area contributed by atoms with Gasteiger partial charge in [0, 0.05) is 0 Å². The number of hydrogen-bond acceptors (Lipinski definition) is 0. The first-order valence-electron chi connectivity index (χ1n) is 5.29. The van der Waals surface area contributed by atoms with Gasteiger partial charge in [-0.15, -0.1) is 0 Å². The quantitative estimate of drug-likeness (QED) is 0.539. The third-order valence-electron chi connectivity index (χ3n) is 3.95.